The van der Waals surface area contributed by atoms with E-state index in [1.165, 1.54) is 18.4 Å². The fraction of sp³-hybridized carbons (Fsp3) is 0.158. The Balaban J connectivity index is 2.15. The van der Waals surface area contributed by atoms with E-state index in [-0.39, 0.29) is 16.8 Å². The van der Waals surface area contributed by atoms with Gasteiger partial charge in [0.2, 0.25) is 0 Å². The van der Waals surface area contributed by atoms with Crippen molar-refractivity contribution in [1.82, 2.24) is 0 Å². The van der Waals surface area contributed by atoms with Gasteiger partial charge in [0, 0.05) is 11.1 Å². The Labute approximate surface area is 147 Å². The number of nitrogens with zero attached hydrogens (tertiary/aromatic N) is 1. The number of rotatable bonds is 3. The number of imide groups is 1. The SMILES string of the molecule is CCO/C=C1\C(=O)N(c2cccc(C(F)(F)F)c2)C(=O)c2ccccc21. The number of hydrogen-bond acceptors (Lipinski definition) is 3. The Hall–Kier alpha value is -3.09. The molecule has 0 aromatic heterocycles. The summed E-state index contributed by atoms with van der Waals surface area (Å²) in [6.45, 7) is 2.03. The van der Waals surface area contributed by atoms with Gasteiger partial charge in [-0.15, -0.1) is 0 Å². The van der Waals surface area contributed by atoms with Gasteiger partial charge in [-0.2, -0.15) is 13.2 Å². The third-order valence-corrected chi connectivity index (χ3v) is 3.88. The zero-order chi connectivity index (χ0) is 18.9. The molecule has 0 saturated carbocycles. The van der Waals surface area contributed by atoms with Crippen LogP contribution >= 0.6 is 0 Å². The number of alkyl halides is 3. The van der Waals surface area contributed by atoms with Crippen LogP contribution in [0.2, 0.25) is 0 Å². The summed E-state index contributed by atoms with van der Waals surface area (Å²) >= 11 is 0. The molecule has 0 spiro atoms. The van der Waals surface area contributed by atoms with Gasteiger partial charge in [-0.25, -0.2) is 4.90 Å². The van der Waals surface area contributed by atoms with Crippen LogP contribution in [0.1, 0.15) is 28.4 Å². The number of halogens is 3. The Morgan fingerprint density at radius 1 is 1.00 bits per heavy atom. The van der Waals surface area contributed by atoms with Crippen LogP contribution in [0.15, 0.2) is 54.8 Å². The number of carbonyl (C=O) groups excluding carboxylic acids is 2. The average Bonchev–Trinajstić information content (AvgIpc) is 2.61. The number of carbonyl (C=O) groups is 2. The summed E-state index contributed by atoms with van der Waals surface area (Å²) in [7, 11) is 0. The Morgan fingerprint density at radius 3 is 2.35 bits per heavy atom. The van der Waals surface area contributed by atoms with Crippen molar-refractivity contribution in [3.8, 4) is 0 Å². The average molecular weight is 361 g/mol. The number of fused-ring (bicyclic) bond motifs is 1. The molecule has 1 aliphatic heterocycles. The second-order valence-electron chi connectivity index (χ2n) is 5.53. The lowest BCUT2D eigenvalue weighted by Gasteiger charge is -2.28. The second kappa shape index (κ2) is 6.67. The largest absolute Gasteiger partial charge is 0.501 e. The van der Waals surface area contributed by atoms with Gasteiger partial charge in [0.1, 0.15) is 0 Å². The van der Waals surface area contributed by atoms with Crippen molar-refractivity contribution >= 4 is 23.1 Å². The van der Waals surface area contributed by atoms with Gasteiger partial charge >= 0.3 is 6.18 Å². The van der Waals surface area contributed by atoms with Crippen LogP contribution in [0.5, 0.6) is 0 Å². The molecule has 2 amide bonds. The zero-order valence-electron chi connectivity index (χ0n) is 13.7. The van der Waals surface area contributed by atoms with Crippen LogP contribution in [0.4, 0.5) is 18.9 Å². The molecule has 0 saturated heterocycles. The van der Waals surface area contributed by atoms with E-state index in [4.69, 9.17) is 4.74 Å². The predicted molar refractivity (Wildman–Crippen MR) is 89.3 cm³/mol. The van der Waals surface area contributed by atoms with Crippen molar-refractivity contribution in [2.75, 3.05) is 11.5 Å². The van der Waals surface area contributed by atoms with E-state index in [0.29, 0.717) is 12.2 Å². The van der Waals surface area contributed by atoms with E-state index < -0.39 is 23.6 Å². The first-order valence-electron chi connectivity index (χ1n) is 7.81. The molecule has 4 nitrogen and oxygen atoms in total. The van der Waals surface area contributed by atoms with Gasteiger partial charge in [0.25, 0.3) is 11.8 Å². The lowest BCUT2D eigenvalue weighted by atomic mass is 9.94. The molecule has 0 atom stereocenters. The third kappa shape index (κ3) is 3.08. The van der Waals surface area contributed by atoms with E-state index in [0.717, 1.165) is 23.1 Å². The molecule has 3 rings (SSSR count). The molecule has 26 heavy (non-hydrogen) atoms. The van der Waals surface area contributed by atoms with E-state index in [1.807, 2.05) is 0 Å². The van der Waals surface area contributed by atoms with E-state index >= 15 is 0 Å². The van der Waals surface area contributed by atoms with Crippen LogP contribution in [-0.2, 0) is 15.7 Å². The number of ether oxygens (including phenoxy) is 1. The summed E-state index contributed by atoms with van der Waals surface area (Å²) in [5.41, 5.74) is -0.370. The van der Waals surface area contributed by atoms with Crippen molar-refractivity contribution in [1.29, 1.82) is 0 Å². The molecule has 2 aromatic carbocycles. The second-order valence-corrected chi connectivity index (χ2v) is 5.53. The monoisotopic (exact) mass is 361 g/mol. The van der Waals surface area contributed by atoms with Crippen molar-refractivity contribution in [3.05, 3.63) is 71.5 Å². The molecule has 0 N–H and O–H groups in total. The third-order valence-electron chi connectivity index (χ3n) is 3.88. The minimum atomic E-state index is -4.58. The molecule has 1 aliphatic rings. The molecule has 0 aliphatic carbocycles. The van der Waals surface area contributed by atoms with Crippen LogP contribution < -0.4 is 4.90 Å². The molecule has 0 radical (unpaired) electrons. The van der Waals surface area contributed by atoms with Gasteiger partial charge in [-0.3, -0.25) is 9.59 Å². The quantitative estimate of drug-likeness (QED) is 0.466. The summed E-state index contributed by atoms with van der Waals surface area (Å²) in [6.07, 6.45) is -3.35. The summed E-state index contributed by atoms with van der Waals surface area (Å²) in [4.78, 5) is 26.3. The molecule has 7 heteroatoms. The first-order valence-corrected chi connectivity index (χ1v) is 7.81. The highest BCUT2D eigenvalue weighted by Crippen LogP contribution is 2.35. The molecule has 0 unspecified atom stereocenters. The highest BCUT2D eigenvalue weighted by Gasteiger charge is 2.37. The molecular weight excluding hydrogens is 347 g/mol. The fourth-order valence-corrected chi connectivity index (χ4v) is 2.69. The van der Waals surface area contributed by atoms with Gasteiger partial charge < -0.3 is 4.74 Å². The molecule has 134 valence electrons. The van der Waals surface area contributed by atoms with Gasteiger partial charge in [0.05, 0.1) is 29.7 Å². The Bertz CT molecular complexity index is 903. The molecule has 0 bridgehead atoms. The summed E-state index contributed by atoms with van der Waals surface area (Å²) in [5, 5.41) is 0. The van der Waals surface area contributed by atoms with Crippen molar-refractivity contribution in [2.45, 2.75) is 13.1 Å². The van der Waals surface area contributed by atoms with Gasteiger partial charge in [0.15, 0.2) is 0 Å². The van der Waals surface area contributed by atoms with Crippen molar-refractivity contribution < 1.29 is 27.5 Å². The topological polar surface area (TPSA) is 46.6 Å². The summed E-state index contributed by atoms with van der Waals surface area (Å²) in [6, 6.07) is 10.5. The van der Waals surface area contributed by atoms with E-state index in [9.17, 15) is 22.8 Å². The molecule has 1 heterocycles. The highest BCUT2D eigenvalue weighted by molar-refractivity contribution is 6.40. The van der Waals surface area contributed by atoms with Gasteiger partial charge in [-0.1, -0.05) is 24.3 Å². The molecule has 0 fully saturated rings. The first kappa shape index (κ1) is 17.7. The van der Waals surface area contributed by atoms with Crippen molar-refractivity contribution in [3.63, 3.8) is 0 Å². The zero-order valence-corrected chi connectivity index (χ0v) is 13.7. The lowest BCUT2D eigenvalue weighted by molar-refractivity contribution is -0.137. The maximum Gasteiger partial charge on any atom is 0.416 e. The minimum Gasteiger partial charge on any atom is -0.501 e. The van der Waals surface area contributed by atoms with E-state index in [2.05, 4.69) is 0 Å². The lowest BCUT2D eigenvalue weighted by Crippen LogP contribution is -2.42. The number of anilines is 1. The van der Waals surface area contributed by atoms with Gasteiger partial charge in [-0.05, 0) is 31.2 Å². The summed E-state index contributed by atoms with van der Waals surface area (Å²) in [5.74, 6) is -1.42. The number of benzene rings is 2. The Morgan fingerprint density at radius 2 is 1.69 bits per heavy atom. The maximum absolute atomic E-state index is 13.0. The smallest absolute Gasteiger partial charge is 0.416 e. The first-order chi connectivity index (χ1) is 12.3. The highest BCUT2D eigenvalue weighted by atomic mass is 19.4. The number of hydrogen-bond donors (Lipinski definition) is 0. The molecular formula is C19H14F3NO3. The van der Waals surface area contributed by atoms with Crippen molar-refractivity contribution in [2.24, 2.45) is 0 Å². The van der Waals surface area contributed by atoms with E-state index in [1.54, 1.807) is 25.1 Å². The minimum absolute atomic E-state index is 0.111. The summed E-state index contributed by atoms with van der Waals surface area (Å²) < 4.78 is 44.2. The Kier molecular flexibility index (Phi) is 4.54. The number of amides is 2. The molecule has 2 aromatic rings. The van der Waals surface area contributed by atoms with Crippen LogP contribution in [0.3, 0.4) is 0 Å². The maximum atomic E-state index is 13.0. The fourth-order valence-electron chi connectivity index (χ4n) is 2.69. The predicted octanol–water partition coefficient (Wildman–Crippen LogP) is 4.27. The van der Waals surface area contributed by atoms with Crippen LogP contribution in [-0.4, -0.2) is 18.4 Å². The van der Waals surface area contributed by atoms with Crippen LogP contribution in [0.25, 0.3) is 5.57 Å². The normalized spacial score (nSPS) is 16.0. The standard InChI is InChI=1S/C19H14F3NO3/c1-2-26-11-16-14-8-3-4-9-15(14)17(24)23(18(16)25)13-7-5-6-12(10-13)19(20,21)22/h3-11H,2H2,1H3/b16-11-. The van der Waals surface area contributed by atoms with Crippen LogP contribution in [0, 0.1) is 0 Å².